The molecule has 0 bridgehead atoms. The second-order valence-electron chi connectivity index (χ2n) is 5.17. The first kappa shape index (κ1) is 15.7. The molecule has 2 aromatic rings. The Morgan fingerprint density at radius 1 is 1.33 bits per heavy atom. The van der Waals surface area contributed by atoms with Gasteiger partial charge < -0.3 is 15.0 Å². The zero-order valence-electron chi connectivity index (χ0n) is 13.0. The van der Waals surface area contributed by atoms with Crippen LogP contribution in [0.2, 0.25) is 0 Å². The first-order valence-electron chi connectivity index (χ1n) is 7.42. The predicted molar refractivity (Wildman–Crippen MR) is 83.0 cm³/mol. The number of nitrogens with zero attached hydrogens (tertiary/aromatic N) is 2. The summed E-state index contributed by atoms with van der Waals surface area (Å²) in [5, 5.41) is 3.57. The summed E-state index contributed by atoms with van der Waals surface area (Å²) in [7, 11) is 1.78. The SMILES string of the molecule is CCC(CC)(CNC(c1cccnc1)c1ncc[nH]1)OC. The van der Waals surface area contributed by atoms with E-state index in [1.54, 1.807) is 19.5 Å². The van der Waals surface area contributed by atoms with Crippen LogP contribution in [0.4, 0.5) is 0 Å². The zero-order valence-corrected chi connectivity index (χ0v) is 13.0. The fourth-order valence-corrected chi connectivity index (χ4v) is 2.50. The van der Waals surface area contributed by atoms with E-state index < -0.39 is 0 Å². The molecule has 2 rings (SSSR count). The number of methoxy groups -OCH3 is 1. The van der Waals surface area contributed by atoms with Gasteiger partial charge in [0.05, 0.1) is 11.6 Å². The van der Waals surface area contributed by atoms with Gasteiger partial charge in [0.15, 0.2) is 0 Å². The fourth-order valence-electron chi connectivity index (χ4n) is 2.50. The molecule has 2 heterocycles. The summed E-state index contributed by atoms with van der Waals surface area (Å²) in [4.78, 5) is 11.8. The van der Waals surface area contributed by atoms with Crippen molar-refractivity contribution >= 4 is 0 Å². The molecule has 0 radical (unpaired) electrons. The zero-order chi connectivity index (χ0) is 15.1. The quantitative estimate of drug-likeness (QED) is 0.784. The molecule has 1 atom stereocenters. The third-order valence-electron chi connectivity index (χ3n) is 4.16. The van der Waals surface area contributed by atoms with Crippen molar-refractivity contribution < 1.29 is 4.74 Å². The smallest absolute Gasteiger partial charge is 0.127 e. The van der Waals surface area contributed by atoms with Crippen LogP contribution in [0, 0.1) is 0 Å². The maximum atomic E-state index is 5.73. The number of aromatic nitrogens is 3. The number of nitrogens with one attached hydrogen (secondary N) is 2. The highest BCUT2D eigenvalue weighted by molar-refractivity contribution is 5.21. The molecule has 5 nitrogen and oxygen atoms in total. The van der Waals surface area contributed by atoms with Crippen LogP contribution in [0.25, 0.3) is 0 Å². The molecular formula is C16H24N4O. The molecule has 2 N–H and O–H groups in total. The van der Waals surface area contributed by atoms with E-state index in [4.69, 9.17) is 4.74 Å². The van der Waals surface area contributed by atoms with Crippen molar-refractivity contribution in [2.24, 2.45) is 0 Å². The highest BCUT2D eigenvalue weighted by atomic mass is 16.5. The van der Waals surface area contributed by atoms with Crippen molar-refractivity contribution in [2.45, 2.75) is 38.3 Å². The molecule has 0 aromatic carbocycles. The summed E-state index contributed by atoms with van der Waals surface area (Å²) in [6.45, 7) is 5.07. The Kier molecular flexibility index (Phi) is 5.47. The van der Waals surface area contributed by atoms with Crippen molar-refractivity contribution in [2.75, 3.05) is 13.7 Å². The van der Waals surface area contributed by atoms with Gasteiger partial charge in [-0.25, -0.2) is 4.98 Å². The van der Waals surface area contributed by atoms with Gasteiger partial charge in [-0.05, 0) is 24.5 Å². The molecule has 0 spiro atoms. The Balaban J connectivity index is 2.18. The normalized spacial score (nSPS) is 13.3. The minimum atomic E-state index is -0.146. The minimum absolute atomic E-state index is 0.0127. The standard InChI is InChI=1S/C16H24N4O/c1-4-16(5-2,21-3)12-20-14(15-18-9-10-19-15)13-7-6-8-17-11-13/h6-11,14,20H,4-5,12H2,1-3H3,(H,18,19). The van der Waals surface area contributed by atoms with Crippen LogP contribution in [0.3, 0.4) is 0 Å². The van der Waals surface area contributed by atoms with E-state index in [1.807, 2.05) is 18.5 Å². The molecule has 0 saturated heterocycles. The molecule has 1 unspecified atom stereocenters. The van der Waals surface area contributed by atoms with Crippen LogP contribution < -0.4 is 5.32 Å². The van der Waals surface area contributed by atoms with Crippen LogP contribution >= 0.6 is 0 Å². The second kappa shape index (κ2) is 7.33. The summed E-state index contributed by atoms with van der Waals surface area (Å²) < 4.78 is 5.73. The fraction of sp³-hybridized carbons (Fsp3) is 0.500. The summed E-state index contributed by atoms with van der Waals surface area (Å²) in [5.74, 6) is 0.889. The van der Waals surface area contributed by atoms with E-state index in [2.05, 4.69) is 40.2 Å². The number of hydrogen-bond acceptors (Lipinski definition) is 4. The highest BCUT2D eigenvalue weighted by Crippen LogP contribution is 2.23. The van der Waals surface area contributed by atoms with Crippen molar-refractivity contribution in [1.82, 2.24) is 20.3 Å². The lowest BCUT2D eigenvalue weighted by Crippen LogP contribution is -2.43. The topological polar surface area (TPSA) is 62.8 Å². The van der Waals surface area contributed by atoms with E-state index in [1.165, 1.54) is 0 Å². The van der Waals surface area contributed by atoms with Gasteiger partial charge in [0, 0.05) is 38.4 Å². The van der Waals surface area contributed by atoms with Crippen LogP contribution in [-0.4, -0.2) is 34.2 Å². The number of imidazole rings is 1. The average molecular weight is 288 g/mol. The molecule has 5 heteroatoms. The lowest BCUT2D eigenvalue weighted by atomic mass is 9.96. The Bertz CT molecular complexity index is 500. The highest BCUT2D eigenvalue weighted by Gasteiger charge is 2.27. The Morgan fingerprint density at radius 2 is 2.14 bits per heavy atom. The molecule has 21 heavy (non-hydrogen) atoms. The lowest BCUT2D eigenvalue weighted by molar-refractivity contribution is -0.0170. The maximum Gasteiger partial charge on any atom is 0.127 e. The van der Waals surface area contributed by atoms with Crippen LogP contribution in [0.1, 0.15) is 44.1 Å². The van der Waals surface area contributed by atoms with Gasteiger partial charge >= 0.3 is 0 Å². The van der Waals surface area contributed by atoms with E-state index in [0.29, 0.717) is 0 Å². The van der Waals surface area contributed by atoms with Gasteiger partial charge in [-0.3, -0.25) is 4.98 Å². The number of pyridine rings is 1. The Morgan fingerprint density at radius 3 is 2.67 bits per heavy atom. The molecule has 2 aromatic heterocycles. The molecule has 0 aliphatic heterocycles. The Labute approximate surface area is 126 Å². The molecule has 0 saturated carbocycles. The number of rotatable bonds is 8. The summed E-state index contributed by atoms with van der Waals surface area (Å²) >= 11 is 0. The van der Waals surface area contributed by atoms with Crippen molar-refractivity contribution in [1.29, 1.82) is 0 Å². The van der Waals surface area contributed by atoms with Crippen molar-refractivity contribution in [3.8, 4) is 0 Å². The van der Waals surface area contributed by atoms with Crippen molar-refractivity contribution in [3.05, 3.63) is 48.3 Å². The van der Waals surface area contributed by atoms with E-state index in [9.17, 15) is 0 Å². The van der Waals surface area contributed by atoms with Gasteiger partial charge in [0.1, 0.15) is 5.82 Å². The first-order valence-corrected chi connectivity index (χ1v) is 7.42. The van der Waals surface area contributed by atoms with Gasteiger partial charge in [-0.15, -0.1) is 0 Å². The first-order chi connectivity index (χ1) is 10.2. The van der Waals surface area contributed by atoms with Crippen LogP contribution in [0.15, 0.2) is 36.9 Å². The second-order valence-corrected chi connectivity index (χ2v) is 5.17. The average Bonchev–Trinajstić information content (AvgIpc) is 3.07. The van der Waals surface area contributed by atoms with Crippen LogP contribution in [0.5, 0.6) is 0 Å². The third-order valence-corrected chi connectivity index (χ3v) is 4.16. The number of aromatic amines is 1. The van der Waals surface area contributed by atoms with E-state index in [-0.39, 0.29) is 11.6 Å². The molecule has 114 valence electrons. The lowest BCUT2D eigenvalue weighted by Gasteiger charge is -2.32. The molecular weight excluding hydrogens is 264 g/mol. The number of ether oxygens (including phenoxy) is 1. The van der Waals surface area contributed by atoms with Gasteiger partial charge in [0.2, 0.25) is 0 Å². The Hall–Kier alpha value is -1.72. The third kappa shape index (κ3) is 3.68. The van der Waals surface area contributed by atoms with Gasteiger partial charge in [-0.1, -0.05) is 19.9 Å². The van der Waals surface area contributed by atoms with Gasteiger partial charge in [-0.2, -0.15) is 0 Å². The maximum absolute atomic E-state index is 5.73. The molecule has 0 aliphatic carbocycles. The summed E-state index contributed by atoms with van der Waals surface area (Å²) in [6.07, 6.45) is 9.18. The predicted octanol–water partition coefficient (Wildman–Crippen LogP) is 2.69. The monoisotopic (exact) mass is 288 g/mol. The number of hydrogen-bond donors (Lipinski definition) is 2. The van der Waals surface area contributed by atoms with Gasteiger partial charge in [0.25, 0.3) is 0 Å². The molecule has 0 aliphatic rings. The summed E-state index contributed by atoms with van der Waals surface area (Å²) in [5.41, 5.74) is 0.942. The van der Waals surface area contributed by atoms with E-state index in [0.717, 1.165) is 30.8 Å². The molecule has 0 amide bonds. The van der Waals surface area contributed by atoms with Crippen molar-refractivity contribution in [3.63, 3.8) is 0 Å². The minimum Gasteiger partial charge on any atom is -0.377 e. The summed E-state index contributed by atoms with van der Waals surface area (Å²) in [6, 6.07) is 3.98. The van der Waals surface area contributed by atoms with E-state index >= 15 is 0 Å². The van der Waals surface area contributed by atoms with Crippen LogP contribution in [-0.2, 0) is 4.74 Å². The molecule has 0 fully saturated rings. The number of H-pyrrole nitrogens is 1. The largest absolute Gasteiger partial charge is 0.377 e.